The molecule has 106 valence electrons. The molecule has 0 bridgehead atoms. The molecule has 0 amide bonds. The number of aromatic nitrogens is 1. The summed E-state index contributed by atoms with van der Waals surface area (Å²) in [4.78, 5) is 36.7. The monoisotopic (exact) mass is 287 g/mol. The Balaban J connectivity index is 2.68. The van der Waals surface area contributed by atoms with Gasteiger partial charge in [-0.05, 0) is 41.5 Å². The number of hydrogen-bond donors (Lipinski definition) is 3. The van der Waals surface area contributed by atoms with Crippen molar-refractivity contribution >= 4 is 17.9 Å². The summed E-state index contributed by atoms with van der Waals surface area (Å²) in [5.74, 6) is -3.71. The van der Waals surface area contributed by atoms with E-state index in [4.69, 9.17) is 15.3 Å². The molecule has 21 heavy (non-hydrogen) atoms. The van der Waals surface area contributed by atoms with Crippen LogP contribution < -0.4 is 0 Å². The highest BCUT2D eigenvalue weighted by atomic mass is 16.4. The summed E-state index contributed by atoms with van der Waals surface area (Å²) in [6.45, 7) is 0. The van der Waals surface area contributed by atoms with Crippen molar-refractivity contribution in [2.45, 2.75) is 0 Å². The summed E-state index contributed by atoms with van der Waals surface area (Å²) in [6, 6.07) is 6.14. The fourth-order valence-electron chi connectivity index (χ4n) is 1.82. The Kier molecular flexibility index (Phi) is 3.66. The van der Waals surface area contributed by atoms with Gasteiger partial charge in [-0.15, -0.1) is 0 Å². The minimum atomic E-state index is -1.26. The number of benzene rings is 1. The predicted molar refractivity (Wildman–Crippen MR) is 70.6 cm³/mol. The molecule has 0 fully saturated rings. The highest BCUT2D eigenvalue weighted by molar-refractivity contribution is 5.99. The minimum absolute atomic E-state index is 0.0938. The first-order chi connectivity index (χ1) is 9.90. The van der Waals surface area contributed by atoms with Gasteiger partial charge >= 0.3 is 17.9 Å². The Morgan fingerprint density at radius 3 is 2.14 bits per heavy atom. The molecule has 1 heterocycles. The van der Waals surface area contributed by atoms with Gasteiger partial charge in [0.1, 0.15) is 5.69 Å². The SMILES string of the molecule is O=C(O)c1ccc(C(=O)O)c(-c2ccnc(C(=O)O)c2)c1. The van der Waals surface area contributed by atoms with Gasteiger partial charge in [-0.25, -0.2) is 19.4 Å². The summed E-state index contributed by atoms with van der Waals surface area (Å²) >= 11 is 0. The van der Waals surface area contributed by atoms with Gasteiger partial charge in [0.25, 0.3) is 0 Å². The van der Waals surface area contributed by atoms with Gasteiger partial charge < -0.3 is 15.3 Å². The van der Waals surface area contributed by atoms with Crippen LogP contribution in [0.15, 0.2) is 36.5 Å². The average Bonchev–Trinajstić information content (AvgIpc) is 2.46. The number of carbonyl (C=O) groups is 3. The number of carboxylic acid groups (broad SMARTS) is 3. The van der Waals surface area contributed by atoms with E-state index < -0.39 is 17.9 Å². The summed E-state index contributed by atoms with van der Waals surface area (Å²) in [5.41, 5.74) is -0.0917. The number of carboxylic acids is 3. The average molecular weight is 287 g/mol. The lowest BCUT2D eigenvalue weighted by atomic mass is 9.97. The van der Waals surface area contributed by atoms with E-state index in [1.807, 2.05) is 0 Å². The summed E-state index contributed by atoms with van der Waals surface area (Å²) in [5, 5.41) is 27.0. The molecule has 2 aromatic rings. The lowest BCUT2D eigenvalue weighted by molar-refractivity contribution is 0.0681. The Morgan fingerprint density at radius 1 is 0.857 bits per heavy atom. The zero-order chi connectivity index (χ0) is 15.6. The molecule has 1 aromatic heterocycles. The third-order valence-corrected chi connectivity index (χ3v) is 2.79. The summed E-state index contributed by atoms with van der Waals surface area (Å²) in [6.07, 6.45) is 1.22. The molecule has 0 atom stereocenters. The van der Waals surface area contributed by atoms with Gasteiger partial charge in [-0.1, -0.05) is 0 Å². The molecule has 0 saturated heterocycles. The first-order valence-corrected chi connectivity index (χ1v) is 5.70. The van der Waals surface area contributed by atoms with E-state index in [2.05, 4.69) is 4.98 Å². The van der Waals surface area contributed by atoms with Crippen LogP contribution in [0.5, 0.6) is 0 Å². The number of aromatic carboxylic acids is 3. The third-order valence-electron chi connectivity index (χ3n) is 2.79. The maximum absolute atomic E-state index is 11.2. The van der Waals surface area contributed by atoms with Crippen molar-refractivity contribution in [2.24, 2.45) is 0 Å². The molecular formula is C14H9NO6. The lowest BCUT2D eigenvalue weighted by Gasteiger charge is -2.08. The molecule has 7 heteroatoms. The predicted octanol–water partition coefficient (Wildman–Crippen LogP) is 1.84. The molecule has 0 aliphatic carbocycles. The van der Waals surface area contributed by atoms with E-state index in [9.17, 15) is 14.4 Å². The van der Waals surface area contributed by atoms with Crippen LogP contribution in [0, 0.1) is 0 Å². The van der Waals surface area contributed by atoms with Gasteiger partial charge in [0.05, 0.1) is 11.1 Å². The van der Waals surface area contributed by atoms with Crippen molar-refractivity contribution in [3.8, 4) is 11.1 Å². The van der Waals surface area contributed by atoms with E-state index >= 15 is 0 Å². The molecule has 2 rings (SSSR count). The summed E-state index contributed by atoms with van der Waals surface area (Å²) in [7, 11) is 0. The zero-order valence-corrected chi connectivity index (χ0v) is 10.5. The number of hydrogen-bond acceptors (Lipinski definition) is 4. The van der Waals surface area contributed by atoms with Gasteiger partial charge in [0.2, 0.25) is 0 Å². The van der Waals surface area contributed by atoms with E-state index in [0.717, 1.165) is 0 Å². The largest absolute Gasteiger partial charge is 0.478 e. The molecule has 3 N–H and O–H groups in total. The maximum atomic E-state index is 11.2. The molecule has 0 saturated carbocycles. The number of pyridine rings is 1. The molecule has 0 aliphatic heterocycles. The van der Waals surface area contributed by atoms with Crippen LogP contribution in [0.3, 0.4) is 0 Å². The Morgan fingerprint density at radius 2 is 1.57 bits per heavy atom. The molecule has 0 aliphatic rings. The number of nitrogens with zero attached hydrogens (tertiary/aromatic N) is 1. The highest BCUT2D eigenvalue weighted by Crippen LogP contribution is 2.25. The minimum Gasteiger partial charge on any atom is -0.478 e. The zero-order valence-electron chi connectivity index (χ0n) is 10.5. The Bertz CT molecular complexity index is 753. The smallest absolute Gasteiger partial charge is 0.354 e. The van der Waals surface area contributed by atoms with Gasteiger partial charge in [-0.3, -0.25) is 0 Å². The molecule has 7 nitrogen and oxygen atoms in total. The molecule has 1 aromatic carbocycles. The van der Waals surface area contributed by atoms with Crippen LogP contribution in [-0.2, 0) is 0 Å². The van der Waals surface area contributed by atoms with E-state index in [1.54, 1.807) is 0 Å². The van der Waals surface area contributed by atoms with E-state index in [-0.39, 0.29) is 27.9 Å². The van der Waals surface area contributed by atoms with Crippen LogP contribution in [0.4, 0.5) is 0 Å². The number of rotatable bonds is 4. The van der Waals surface area contributed by atoms with Crippen LogP contribution in [0.1, 0.15) is 31.2 Å². The second-order valence-corrected chi connectivity index (χ2v) is 4.11. The van der Waals surface area contributed by atoms with E-state index in [0.29, 0.717) is 0 Å². The van der Waals surface area contributed by atoms with Crippen molar-refractivity contribution in [1.29, 1.82) is 0 Å². The Labute approximate surface area is 118 Å². The highest BCUT2D eigenvalue weighted by Gasteiger charge is 2.16. The quantitative estimate of drug-likeness (QED) is 0.783. The Hall–Kier alpha value is -3.22. The molecule has 0 radical (unpaired) electrons. The third kappa shape index (κ3) is 2.86. The molecule has 0 spiro atoms. The van der Waals surface area contributed by atoms with Crippen molar-refractivity contribution < 1.29 is 29.7 Å². The second kappa shape index (κ2) is 5.41. The van der Waals surface area contributed by atoms with Crippen LogP contribution in [0.2, 0.25) is 0 Å². The van der Waals surface area contributed by atoms with Gasteiger partial charge in [-0.2, -0.15) is 0 Å². The van der Waals surface area contributed by atoms with Gasteiger partial charge in [0.15, 0.2) is 0 Å². The molecule has 0 unspecified atom stereocenters. The van der Waals surface area contributed by atoms with Gasteiger partial charge in [0, 0.05) is 6.20 Å². The van der Waals surface area contributed by atoms with Crippen LogP contribution in [0.25, 0.3) is 11.1 Å². The first-order valence-electron chi connectivity index (χ1n) is 5.70. The van der Waals surface area contributed by atoms with Crippen LogP contribution in [-0.4, -0.2) is 38.2 Å². The van der Waals surface area contributed by atoms with Crippen molar-refractivity contribution in [3.63, 3.8) is 0 Å². The first kappa shape index (κ1) is 14.2. The van der Waals surface area contributed by atoms with Crippen molar-refractivity contribution in [3.05, 3.63) is 53.3 Å². The topological polar surface area (TPSA) is 125 Å². The molecular weight excluding hydrogens is 278 g/mol. The standard InChI is InChI=1S/C14H9NO6/c16-12(17)8-1-2-9(13(18)19)10(5-8)7-3-4-15-11(6-7)14(20)21/h1-6H,(H,16,17)(H,18,19)(H,20,21). The van der Waals surface area contributed by atoms with Crippen molar-refractivity contribution in [1.82, 2.24) is 4.98 Å². The summed E-state index contributed by atoms with van der Waals surface area (Å²) < 4.78 is 0. The fourth-order valence-corrected chi connectivity index (χ4v) is 1.82. The second-order valence-electron chi connectivity index (χ2n) is 4.11. The van der Waals surface area contributed by atoms with E-state index in [1.165, 1.54) is 36.5 Å². The lowest BCUT2D eigenvalue weighted by Crippen LogP contribution is -2.05. The maximum Gasteiger partial charge on any atom is 0.354 e. The fraction of sp³-hybridized carbons (Fsp3) is 0. The normalized spacial score (nSPS) is 10.1. The van der Waals surface area contributed by atoms with Crippen molar-refractivity contribution in [2.75, 3.05) is 0 Å². The van der Waals surface area contributed by atoms with Crippen LogP contribution >= 0.6 is 0 Å².